The van der Waals surface area contributed by atoms with Gasteiger partial charge in [0.2, 0.25) is 5.91 Å². The lowest BCUT2D eigenvalue weighted by Gasteiger charge is -2.36. The van der Waals surface area contributed by atoms with Gasteiger partial charge >= 0.3 is 6.18 Å². The molecule has 1 amide bonds. The summed E-state index contributed by atoms with van der Waals surface area (Å²) in [6, 6.07) is 11.4. The zero-order valence-electron chi connectivity index (χ0n) is 13.1. The van der Waals surface area contributed by atoms with E-state index in [9.17, 15) is 23.2 Å². The van der Waals surface area contributed by atoms with Crippen LogP contribution in [-0.2, 0) is 4.79 Å². The lowest BCUT2D eigenvalue weighted by atomic mass is 10.1. The molecule has 1 N–H and O–H groups in total. The van der Waals surface area contributed by atoms with Crippen molar-refractivity contribution in [2.24, 2.45) is 0 Å². The SMILES string of the molecule is N#C[C@H](c1ccccc1)N1CCN(CC(=O)NCC(F)(F)F)CC1. The zero-order chi connectivity index (χ0) is 17.6. The minimum absolute atomic E-state index is 0.0630. The van der Waals surface area contributed by atoms with E-state index in [2.05, 4.69) is 6.07 Å². The predicted molar refractivity (Wildman–Crippen MR) is 81.9 cm³/mol. The van der Waals surface area contributed by atoms with E-state index in [0.717, 1.165) is 5.56 Å². The van der Waals surface area contributed by atoms with Crippen LogP contribution in [-0.4, -0.2) is 61.2 Å². The van der Waals surface area contributed by atoms with Gasteiger partial charge in [0.05, 0.1) is 12.6 Å². The Balaban J connectivity index is 1.81. The highest BCUT2D eigenvalue weighted by molar-refractivity contribution is 5.78. The average molecular weight is 340 g/mol. The molecular formula is C16H19F3N4O. The van der Waals surface area contributed by atoms with Crippen molar-refractivity contribution in [2.75, 3.05) is 39.3 Å². The van der Waals surface area contributed by atoms with Gasteiger partial charge in [-0.2, -0.15) is 18.4 Å². The maximum absolute atomic E-state index is 12.1. The van der Waals surface area contributed by atoms with E-state index in [-0.39, 0.29) is 12.6 Å². The molecule has 1 aromatic carbocycles. The third-order valence-corrected chi connectivity index (χ3v) is 3.86. The van der Waals surface area contributed by atoms with Gasteiger partial charge in [0.1, 0.15) is 12.6 Å². The number of amides is 1. The van der Waals surface area contributed by atoms with Crippen LogP contribution in [0, 0.1) is 11.3 Å². The molecule has 0 radical (unpaired) electrons. The van der Waals surface area contributed by atoms with Gasteiger partial charge < -0.3 is 5.32 Å². The third-order valence-electron chi connectivity index (χ3n) is 3.86. The first-order valence-electron chi connectivity index (χ1n) is 7.63. The number of carbonyl (C=O) groups excluding carboxylic acids is 1. The van der Waals surface area contributed by atoms with E-state index >= 15 is 0 Å². The van der Waals surface area contributed by atoms with Crippen LogP contribution >= 0.6 is 0 Å². The molecule has 8 heteroatoms. The standard InChI is InChI=1S/C16H19F3N4O/c17-16(18,19)12-21-15(24)11-22-6-8-23(9-7-22)14(10-20)13-4-2-1-3-5-13/h1-5,14H,6-9,11-12H2,(H,21,24)/t14-/m1/s1. The van der Waals surface area contributed by atoms with Crippen molar-refractivity contribution >= 4 is 5.91 Å². The molecule has 0 aliphatic carbocycles. The summed E-state index contributed by atoms with van der Waals surface area (Å²) in [5.41, 5.74) is 0.913. The number of carbonyl (C=O) groups is 1. The molecule has 1 aliphatic heterocycles. The molecule has 0 spiro atoms. The van der Waals surface area contributed by atoms with E-state index < -0.39 is 18.6 Å². The Labute approximate surface area is 138 Å². The van der Waals surface area contributed by atoms with Crippen LogP contribution in [0.15, 0.2) is 30.3 Å². The Bertz CT molecular complexity index is 577. The van der Waals surface area contributed by atoms with Gasteiger partial charge in [-0.3, -0.25) is 14.6 Å². The van der Waals surface area contributed by atoms with Crippen molar-refractivity contribution in [2.45, 2.75) is 12.2 Å². The molecule has 0 bridgehead atoms. The van der Waals surface area contributed by atoms with E-state index in [1.54, 1.807) is 4.90 Å². The minimum Gasteiger partial charge on any atom is -0.346 e. The summed E-state index contributed by atoms with van der Waals surface area (Å²) in [7, 11) is 0. The zero-order valence-corrected chi connectivity index (χ0v) is 13.1. The fraction of sp³-hybridized carbons (Fsp3) is 0.500. The number of hydrogen-bond acceptors (Lipinski definition) is 4. The molecule has 1 aromatic rings. The van der Waals surface area contributed by atoms with Crippen molar-refractivity contribution in [3.05, 3.63) is 35.9 Å². The van der Waals surface area contributed by atoms with Crippen LogP contribution in [0.5, 0.6) is 0 Å². The maximum Gasteiger partial charge on any atom is 0.405 e. The number of benzene rings is 1. The van der Waals surface area contributed by atoms with Gasteiger partial charge in [0.25, 0.3) is 0 Å². The highest BCUT2D eigenvalue weighted by Crippen LogP contribution is 2.21. The monoisotopic (exact) mass is 340 g/mol. The Morgan fingerprint density at radius 2 is 1.83 bits per heavy atom. The van der Waals surface area contributed by atoms with Crippen LogP contribution in [0.25, 0.3) is 0 Å². The molecule has 24 heavy (non-hydrogen) atoms. The first kappa shape index (κ1) is 18.2. The normalized spacial score (nSPS) is 17.9. The highest BCUT2D eigenvalue weighted by Gasteiger charge is 2.29. The number of nitriles is 1. The van der Waals surface area contributed by atoms with Crippen LogP contribution in [0.4, 0.5) is 13.2 Å². The molecule has 0 saturated carbocycles. The molecule has 1 saturated heterocycles. The van der Waals surface area contributed by atoms with Crippen molar-refractivity contribution in [1.29, 1.82) is 5.26 Å². The number of hydrogen-bond donors (Lipinski definition) is 1. The van der Waals surface area contributed by atoms with Crippen molar-refractivity contribution < 1.29 is 18.0 Å². The second-order valence-corrected chi connectivity index (χ2v) is 5.65. The first-order chi connectivity index (χ1) is 11.4. The molecular weight excluding hydrogens is 321 g/mol. The van der Waals surface area contributed by atoms with Gasteiger partial charge in [0, 0.05) is 26.2 Å². The van der Waals surface area contributed by atoms with Gasteiger partial charge in [0.15, 0.2) is 0 Å². The molecule has 1 aliphatic rings. The van der Waals surface area contributed by atoms with E-state index in [1.807, 2.05) is 40.5 Å². The lowest BCUT2D eigenvalue weighted by molar-refractivity contribution is -0.139. The van der Waals surface area contributed by atoms with Gasteiger partial charge in [-0.25, -0.2) is 0 Å². The summed E-state index contributed by atoms with van der Waals surface area (Å²) >= 11 is 0. The minimum atomic E-state index is -4.40. The summed E-state index contributed by atoms with van der Waals surface area (Å²) in [4.78, 5) is 15.3. The van der Waals surface area contributed by atoms with Crippen molar-refractivity contribution in [3.8, 4) is 6.07 Å². The Morgan fingerprint density at radius 3 is 2.38 bits per heavy atom. The highest BCUT2D eigenvalue weighted by atomic mass is 19.4. The Kier molecular flexibility index (Phi) is 6.17. The molecule has 130 valence electrons. The number of halogens is 3. The molecule has 0 aromatic heterocycles. The fourth-order valence-corrected chi connectivity index (χ4v) is 2.64. The molecule has 1 heterocycles. The Morgan fingerprint density at radius 1 is 1.21 bits per heavy atom. The molecule has 5 nitrogen and oxygen atoms in total. The third kappa shape index (κ3) is 5.51. The number of nitrogens with one attached hydrogen (secondary N) is 1. The number of piperazine rings is 1. The molecule has 0 unspecified atom stereocenters. The van der Waals surface area contributed by atoms with Crippen LogP contribution in [0.2, 0.25) is 0 Å². The Hall–Kier alpha value is -2.11. The summed E-state index contributed by atoms with van der Waals surface area (Å²) in [5, 5.41) is 11.3. The second kappa shape index (κ2) is 8.13. The average Bonchev–Trinajstić information content (AvgIpc) is 2.56. The van der Waals surface area contributed by atoms with Gasteiger partial charge in [-0.1, -0.05) is 30.3 Å². The van der Waals surface area contributed by atoms with Crippen LogP contribution in [0.1, 0.15) is 11.6 Å². The van der Waals surface area contributed by atoms with Crippen molar-refractivity contribution in [1.82, 2.24) is 15.1 Å². The fourth-order valence-electron chi connectivity index (χ4n) is 2.64. The maximum atomic E-state index is 12.1. The smallest absolute Gasteiger partial charge is 0.346 e. The summed E-state index contributed by atoms with van der Waals surface area (Å²) < 4.78 is 36.2. The topological polar surface area (TPSA) is 59.4 Å². The quantitative estimate of drug-likeness (QED) is 0.884. The van der Waals surface area contributed by atoms with Crippen LogP contribution < -0.4 is 5.32 Å². The first-order valence-corrected chi connectivity index (χ1v) is 7.63. The number of nitrogens with zero attached hydrogens (tertiary/aromatic N) is 3. The summed E-state index contributed by atoms with van der Waals surface area (Å²) in [6.07, 6.45) is -4.40. The molecule has 1 atom stereocenters. The lowest BCUT2D eigenvalue weighted by Crippen LogP contribution is -2.50. The van der Waals surface area contributed by atoms with Gasteiger partial charge in [-0.05, 0) is 5.56 Å². The van der Waals surface area contributed by atoms with Crippen LogP contribution in [0.3, 0.4) is 0 Å². The molecule has 1 fully saturated rings. The molecule has 2 rings (SSSR count). The van der Waals surface area contributed by atoms with Crippen molar-refractivity contribution in [3.63, 3.8) is 0 Å². The number of alkyl halides is 3. The van der Waals surface area contributed by atoms with E-state index in [0.29, 0.717) is 26.2 Å². The predicted octanol–water partition coefficient (Wildman–Crippen LogP) is 1.55. The summed E-state index contributed by atoms with van der Waals surface area (Å²) in [5.74, 6) is -0.638. The second-order valence-electron chi connectivity index (χ2n) is 5.65. The number of rotatable bonds is 5. The van der Waals surface area contributed by atoms with E-state index in [4.69, 9.17) is 0 Å². The van der Waals surface area contributed by atoms with E-state index in [1.165, 1.54) is 0 Å². The summed E-state index contributed by atoms with van der Waals surface area (Å²) in [6.45, 7) is 0.858. The largest absolute Gasteiger partial charge is 0.405 e. The van der Waals surface area contributed by atoms with Gasteiger partial charge in [-0.15, -0.1) is 0 Å².